The summed E-state index contributed by atoms with van der Waals surface area (Å²) in [5.41, 5.74) is 8.08. The Morgan fingerprint density at radius 3 is 2.95 bits per heavy atom. The molecule has 1 amide bonds. The van der Waals surface area contributed by atoms with Crippen LogP contribution in [0.25, 0.3) is 0 Å². The van der Waals surface area contributed by atoms with Crippen molar-refractivity contribution in [1.82, 2.24) is 5.32 Å². The minimum atomic E-state index is -0.423. The van der Waals surface area contributed by atoms with Crippen molar-refractivity contribution in [1.29, 1.82) is 0 Å². The summed E-state index contributed by atoms with van der Waals surface area (Å²) in [5, 5.41) is 3.56. The van der Waals surface area contributed by atoms with Crippen molar-refractivity contribution in [3.63, 3.8) is 0 Å². The van der Waals surface area contributed by atoms with E-state index in [9.17, 15) is 4.79 Å². The Kier molecular flexibility index (Phi) is 4.78. The number of amides is 1. The molecule has 0 heterocycles. The zero-order chi connectivity index (χ0) is 14.6. The summed E-state index contributed by atoms with van der Waals surface area (Å²) in [4.78, 5) is 10.6. The lowest BCUT2D eigenvalue weighted by Gasteiger charge is -2.40. The second-order valence-corrected chi connectivity index (χ2v) is 6.09. The molecular weight excluding hydrogens is 252 g/mol. The largest absolute Gasteiger partial charge is 0.370 e. The first-order valence-corrected chi connectivity index (χ1v) is 7.18. The zero-order valence-corrected chi connectivity index (χ0v) is 12.3. The van der Waals surface area contributed by atoms with E-state index in [1.54, 1.807) is 0 Å². The molecule has 0 spiro atoms. The number of carbonyl (C=O) groups excluding carboxylic acids is 1. The minimum Gasteiger partial charge on any atom is -0.370 e. The molecule has 1 unspecified atom stereocenters. The number of hydrogen-bond donors (Lipinski definition) is 2. The number of ether oxygens (including phenoxy) is 1. The van der Waals surface area contributed by atoms with Crippen LogP contribution in [0.1, 0.15) is 37.4 Å². The van der Waals surface area contributed by atoms with Crippen LogP contribution in [0.4, 0.5) is 0 Å². The average molecular weight is 276 g/mol. The predicted octanol–water partition coefficient (Wildman–Crippen LogP) is 1.79. The van der Waals surface area contributed by atoms with Crippen molar-refractivity contribution in [3.05, 3.63) is 35.4 Å². The number of carbonyl (C=O) groups is 1. The molecule has 0 aliphatic heterocycles. The van der Waals surface area contributed by atoms with Gasteiger partial charge in [-0.3, -0.25) is 4.79 Å². The third-order valence-electron chi connectivity index (χ3n) is 4.03. The van der Waals surface area contributed by atoms with Crippen LogP contribution < -0.4 is 11.1 Å². The third kappa shape index (κ3) is 3.58. The molecule has 0 saturated carbocycles. The summed E-state index contributed by atoms with van der Waals surface area (Å²) < 4.78 is 5.21. The number of nitrogens with one attached hydrogen (secondary N) is 1. The van der Waals surface area contributed by atoms with Crippen LogP contribution in [0.15, 0.2) is 24.3 Å². The monoisotopic (exact) mass is 276 g/mol. The van der Waals surface area contributed by atoms with Crippen LogP contribution >= 0.6 is 0 Å². The van der Waals surface area contributed by atoms with Gasteiger partial charge in [-0.1, -0.05) is 38.1 Å². The molecule has 3 N–H and O–H groups in total. The predicted molar refractivity (Wildman–Crippen MR) is 79.3 cm³/mol. The molecule has 1 aromatic rings. The van der Waals surface area contributed by atoms with Gasteiger partial charge in [0.15, 0.2) is 0 Å². The van der Waals surface area contributed by atoms with Crippen molar-refractivity contribution >= 4 is 5.91 Å². The van der Waals surface area contributed by atoms with Crippen LogP contribution in [-0.4, -0.2) is 25.7 Å². The van der Waals surface area contributed by atoms with Gasteiger partial charge in [0.05, 0.1) is 6.61 Å². The van der Waals surface area contributed by atoms with Gasteiger partial charge in [-0.2, -0.15) is 0 Å². The first kappa shape index (κ1) is 15.0. The zero-order valence-electron chi connectivity index (χ0n) is 12.3. The van der Waals surface area contributed by atoms with Crippen molar-refractivity contribution in [3.8, 4) is 0 Å². The topological polar surface area (TPSA) is 64.3 Å². The van der Waals surface area contributed by atoms with Gasteiger partial charge in [0.2, 0.25) is 5.91 Å². The van der Waals surface area contributed by atoms with Gasteiger partial charge in [-0.15, -0.1) is 0 Å². The molecule has 4 heteroatoms. The van der Waals surface area contributed by atoms with Crippen LogP contribution in [0.3, 0.4) is 0 Å². The highest BCUT2D eigenvalue weighted by molar-refractivity contribution is 5.74. The Labute approximate surface area is 120 Å². The third-order valence-corrected chi connectivity index (χ3v) is 4.03. The normalized spacial score (nSPS) is 20.4. The number of primary amides is 1. The van der Waals surface area contributed by atoms with Gasteiger partial charge in [-0.05, 0) is 29.4 Å². The average Bonchev–Trinajstić information content (AvgIpc) is 2.40. The smallest absolute Gasteiger partial charge is 0.243 e. The fourth-order valence-electron chi connectivity index (χ4n) is 2.90. The maximum Gasteiger partial charge on any atom is 0.243 e. The van der Waals surface area contributed by atoms with Crippen LogP contribution in [0, 0.1) is 5.41 Å². The van der Waals surface area contributed by atoms with E-state index in [4.69, 9.17) is 10.5 Å². The molecule has 20 heavy (non-hydrogen) atoms. The van der Waals surface area contributed by atoms with Gasteiger partial charge < -0.3 is 15.8 Å². The lowest BCUT2D eigenvalue weighted by Crippen LogP contribution is -2.39. The number of benzene rings is 1. The Morgan fingerprint density at radius 2 is 2.20 bits per heavy atom. The Bertz CT molecular complexity index is 471. The molecular formula is C16H24N2O2. The van der Waals surface area contributed by atoms with E-state index >= 15 is 0 Å². The fraction of sp³-hybridized carbons (Fsp3) is 0.562. The van der Waals surface area contributed by atoms with Gasteiger partial charge in [0.1, 0.15) is 6.61 Å². The molecule has 4 nitrogen and oxygen atoms in total. The molecule has 0 fully saturated rings. The lowest BCUT2D eigenvalue weighted by molar-refractivity contribution is -0.122. The van der Waals surface area contributed by atoms with Crippen molar-refractivity contribution in [2.45, 2.75) is 32.7 Å². The summed E-state index contributed by atoms with van der Waals surface area (Å²) in [5.74, 6) is -0.423. The van der Waals surface area contributed by atoms with E-state index in [-0.39, 0.29) is 12.0 Å². The Balaban J connectivity index is 1.96. The fourth-order valence-corrected chi connectivity index (χ4v) is 2.90. The summed E-state index contributed by atoms with van der Waals surface area (Å²) in [6, 6.07) is 8.94. The van der Waals surface area contributed by atoms with E-state index in [0.29, 0.717) is 12.6 Å². The van der Waals surface area contributed by atoms with Crippen molar-refractivity contribution in [2.24, 2.45) is 11.1 Å². The van der Waals surface area contributed by atoms with E-state index in [2.05, 4.69) is 43.4 Å². The van der Waals surface area contributed by atoms with E-state index in [0.717, 1.165) is 13.0 Å². The lowest BCUT2D eigenvalue weighted by atomic mass is 9.70. The first-order chi connectivity index (χ1) is 9.50. The standard InChI is InChI=1S/C16H24N2O2/c1-16(2)8-7-12-5-3-4-6-13(12)15(16)18-9-10-20-11-14(17)19/h3-6,15,18H,7-11H2,1-2H3,(H2,17,19). The maximum absolute atomic E-state index is 10.6. The summed E-state index contributed by atoms with van der Waals surface area (Å²) in [7, 11) is 0. The molecule has 110 valence electrons. The highest BCUT2D eigenvalue weighted by Gasteiger charge is 2.35. The highest BCUT2D eigenvalue weighted by Crippen LogP contribution is 2.43. The second kappa shape index (κ2) is 6.37. The maximum atomic E-state index is 10.6. The van der Waals surface area contributed by atoms with Gasteiger partial charge in [0.25, 0.3) is 0 Å². The van der Waals surface area contributed by atoms with Gasteiger partial charge in [0, 0.05) is 12.6 Å². The molecule has 0 saturated heterocycles. The van der Waals surface area contributed by atoms with E-state index in [1.165, 1.54) is 17.5 Å². The summed E-state index contributed by atoms with van der Waals surface area (Å²) in [6.07, 6.45) is 2.31. The Morgan fingerprint density at radius 1 is 1.45 bits per heavy atom. The molecule has 1 atom stereocenters. The molecule has 2 rings (SSSR count). The SMILES string of the molecule is CC1(C)CCc2ccccc2C1NCCOCC(N)=O. The summed E-state index contributed by atoms with van der Waals surface area (Å²) in [6.45, 7) is 5.80. The van der Waals surface area contributed by atoms with Gasteiger partial charge in [-0.25, -0.2) is 0 Å². The summed E-state index contributed by atoms with van der Waals surface area (Å²) >= 11 is 0. The van der Waals surface area contributed by atoms with E-state index < -0.39 is 5.91 Å². The van der Waals surface area contributed by atoms with Crippen LogP contribution in [0.2, 0.25) is 0 Å². The highest BCUT2D eigenvalue weighted by atomic mass is 16.5. The number of hydrogen-bond acceptors (Lipinski definition) is 3. The van der Waals surface area contributed by atoms with Gasteiger partial charge >= 0.3 is 0 Å². The first-order valence-electron chi connectivity index (χ1n) is 7.18. The molecule has 0 bridgehead atoms. The number of aryl methyl sites for hydroxylation is 1. The number of rotatable bonds is 6. The quantitative estimate of drug-likeness (QED) is 0.779. The van der Waals surface area contributed by atoms with Crippen molar-refractivity contribution in [2.75, 3.05) is 19.8 Å². The molecule has 1 aromatic carbocycles. The molecule has 0 aromatic heterocycles. The number of nitrogens with two attached hydrogens (primary N) is 1. The van der Waals surface area contributed by atoms with Crippen molar-refractivity contribution < 1.29 is 9.53 Å². The molecule has 0 radical (unpaired) electrons. The Hall–Kier alpha value is -1.39. The molecule has 1 aliphatic rings. The minimum absolute atomic E-state index is 0.00761. The molecule has 1 aliphatic carbocycles. The van der Waals surface area contributed by atoms with E-state index in [1.807, 2.05) is 0 Å². The van der Waals surface area contributed by atoms with Crippen LogP contribution in [-0.2, 0) is 16.0 Å². The second-order valence-electron chi connectivity index (χ2n) is 6.09. The van der Waals surface area contributed by atoms with Crippen LogP contribution in [0.5, 0.6) is 0 Å². The number of fused-ring (bicyclic) bond motifs is 1.